The van der Waals surface area contributed by atoms with Crippen LogP contribution < -0.4 is 5.32 Å². The van der Waals surface area contributed by atoms with Crippen molar-refractivity contribution >= 4 is 0 Å². The fourth-order valence-electron chi connectivity index (χ4n) is 2.79. The van der Waals surface area contributed by atoms with Gasteiger partial charge >= 0.3 is 0 Å². The van der Waals surface area contributed by atoms with Crippen molar-refractivity contribution in [2.24, 2.45) is 17.3 Å². The number of hydrogen-bond donors (Lipinski definition) is 2. The third-order valence-electron chi connectivity index (χ3n) is 4.55. The normalized spacial score (nSPS) is 28.1. The summed E-state index contributed by atoms with van der Waals surface area (Å²) in [4.78, 5) is 0. The summed E-state index contributed by atoms with van der Waals surface area (Å²) in [5, 5.41) is 13.2. The number of aliphatic hydroxyl groups excluding tert-OH is 1. The summed E-state index contributed by atoms with van der Waals surface area (Å²) in [6, 6.07) is 0. The van der Waals surface area contributed by atoms with Crippen LogP contribution in [0.2, 0.25) is 0 Å². The average Bonchev–Trinajstić information content (AvgIpc) is 3.10. The molecule has 0 heterocycles. The zero-order valence-electron chi connectivity index (χ0n) is 10.7. The van der Waals surface area contributed by atoms with E-state index in [-0.39, 0.29) is 6.10 Å². The van der Waals surface area contributed by atoms with Gasteiger partial charge in [0, 0.05) is 19.7 Å². The Kier molecular flexibility index (Phi) is 3.42. The Balaban J connectivity index is 1.23. The maximum atomic E-state index is 9.77. The number of aliphatic hydroxyl groups is 1. The second kappa shape index (κ2) is 4.87. The molecule has 0 aromatic rings. The summed E-state index contributed by atoms with van der Waals surface area (Å²) < 4.78 is 5.49. The first-order valence-electron chi connectivity index (χ1n) is 7.25. The summed E-state index contributed by atoms with van der Waals surface area (Å²) >= 11 is 0. The highest BCUT2D eigenvalue weighted by molar-refractivity contribution is 5.05. The van der Waals surface area contributed by atoms with Gasteiger partial charge in [-0.25, -0.2) is 0 Å². The van der Waals surface area contributed by atoms with Crippen LogP contribution in [0.4, 0.5) is 0 Å². The third kappa shape index (κ3) is 3.43. The molecule has 98 valence electrons. The molecular weight excluding hydrogens is 214 g/mol. The van der Waals surface area contributed by atoms with Gasteiger partial charge in [-0.1, -0.05) is 0 Å². The Hall–Kier alpha value is -0.120. The van der Waals surface area contributed by atoms with E-state index in [2.05, 4.69) is 5.32 Å². The molecule has 3 aliphatic rings. The monoisotopic (exact) mass is 239 g/mol. The van der Waals surface area contributed by atoms with Crippen LogP contribution in [0.15, 0.2) is 0 Å². The summed E-state index contributed by atoms with van der Waals surface area (Å²) in [6.07, 6.45) is 7.99. The zero-order chi connectivity index (χ0) is 11.7. The zero-order valence-corrected chi connectivity index (χ0v) is 10.7. The molecule has 0 aromatic carbocycles. The van der Waals surface area contributed by atoms with Gasteiger partial charge in [-0.3, -0.25) is 0 Å². The van der Waals surface area contributed by atoms with Crippen LogP contribution in [0.5, 0.6) is 0 Å². The first kappa shape index (κ1) is 11.9. The number of ether oxygens (including phenoxy) is 1. The highest BCUT2D eigenvalue weighted by atomic mass is 16.5. The number of hydrogen-bond acceptors (Lipinski definition) is 3. The van der Waals surface area contributed by atoms with E-state index < -0.39 is 0 Å². The van der Waals surface area contributed by atoms with E-state index in [4.69, 9.17) is 4.74 Å². The van der Waals surface area contributed by atoms with Gasteiger partial charge in [-0.05, 0) is 55.8 Å². The fraction of sp³-hybridized carbons (Fsp3) is 1.00. The van der Waals surface area contributed by atoms with E-state index in [1.165, 1.54) is 38.5 Å². The number of nitrogens with one attached hydrogen (secondary N) is 1. The van der Waals surface area contributed by atoms with Crippen molar-refractivity contribution in [1.29, 1.82) is 0 Å². The number of rotatable bonds is 9. The first-order chi connectivity index (χ1) is 8.28. The van der Waals surface area contributed by atoms with Crippen LogP contribution in [0.3, 0.4) is 0 Å². The molecule has 3 heteroatoms. The van der Waals surface area contributed by atoms with Crippen molar-refractivity contribution in [2.45, 2.75) is 44.6 Å². The highest BCUT2D eigenvalue weighted by Crippen LogP contribution is 2.60. The molecule has 3 fully saturated rings. The van der Waals surface area contributed by atoms with Gasteiger partial charge in [0.15, 0.2) is 0 Å². The van der Waals surface area contributed by atoms with E-state index >= 15 is 0 Å². The maximum absolute atomic E-state index is 9.77. The van der Waals surface area contributed by atoms with Crippen LogP contribution >= 0.6 is 0 Å². The quantitative estimate of drug-likeness (QED) is 0.641. The molecule has 0 saturated heterocycles. The Morgan fingerprint density at radius 3 is 2.59 bits per heavy atom. The van der Waals surface area contributed by atoms with E-state index in [0.29, 0.717) is 18.6 Å². The Labute approximate surface area is 104 Å². The SMILES string of the molecule is OC(CNCC1(C2CC2)CC1)COCC1CC1. The highest BCUT2D eigenvalue weighted by Gasteiger charge is 2.53. The van der Waals surface area contributed by atoms with E-state index in [1.54, 1.807) is 0 Å². The molecule has 0 amide bonds. The van der Waals surface area contributed by atoms with Gasteiger partial charge in [0.05, 0.1) is 12.7 Å². The molecule has 0 radical (unpaired) electrons. The van der Waals surface area contributed by atoms with Crippen molar-refractivity contribution in [1.82, 2.24) is 5.32 Å². The second-order valence-corrected chi connectivity index (χ2v) is 6.40. The lowest BCUT2D eigenvalue weighted by molar-refractivity contribution is 0.0319. The molecule has 0 aliphatic heterocycles. The third-order valence-corrected chi connectivity index (χ3v) is 4.55. The Morgan fingerprint density at radius 2 is 2.00 bits per heavy atom. The summed E-state index contributed by atoms with van der Waals surface area (Å²) in [5.74, 6) is 1.79. The van der Waals surface area contributed by atoms with Gasteiger partial charge in [0.25, 0.3) is 0 Å². The molecule has 3 nitrogen and oxygen atoms in total. The van der Waals surface area contributed by atoms with Crippen molar-refractivity contribution in [3.05, 3.63) is 0 Å². The Bertz CT molecular complexity index is 257. The fourth-order valence-corrected chi connectivity index (χ4v) is 2.79. The van der Waals surface area contributed by atoms with Crippen LogP contribution in [0.25, 0.3) is 0 Å². The molecule has 3 rings (SSSR count). The van der Waals surface area contributed by atoms with Crippen LogP contribution in [-0.2, 0) is 4.74 Å². The van der Waals surface area contributed by atoms with Crippen LogP contribution in [-0.4, -0.2) is 37.5 Å². The molecule has 3 saturated carbocycles. The molecule has 3 aliphatic carbocycles. The average molecular weight is 239 g/mol. The first-order valence-corrected chi connectivity index (χ1v) is 7.25. The lowest BCUT2D eigenvalue weighted by Gasteiger charge is -2.17. The van der Waals surface area contributed by atoms with Crippen molar-refractivity contribution in [3.8, 4) is 0 Å². The predicted molar refractivity (Wildman–Crippen MR) is 66.8 cm³/mol. The molecule has 0 bridgehead atoms. The second-order valence-electron chi connectivity index (χ2n) is 6.40. The smallest absolute Gasteiger partial charge is 0.0897 e. The largest absolute Gasteiger partial charge is 0.389 e. The van der Waals surface area contributed by atoms with Gasteiger partial charge < -0.3 is 15.2 Å². The molecular formula is C14H25NO2. The van der Waals surface area contributed by atoms with Crippen molar-refractivity contribution in [2.75, 3.05) is 26.3 Å². The van der Waals surface area contributed by atoms with E-state index in [9.17, 15) is 5.11 Å². The maximum Gasteiger partial charge on any atom is 0.0897 e. The van der Waals surface area contributed by atoms with Gasteiger partial charge in [-0.15, -0.1) is 0 Å². The van der Waals surface area contributed by atoms with Crippen LogP contribution in [0, 0.1) is 17.3 Å². The summed E-state index contributed by atoms with van der Waals surface area (Å²) in [7, 11) is 0. The predicted octanol–water partition coefficient (Wildman–Crippen LogP) is 1.55. The molecule has 17 heavy (non-hydrogen) atoms. The summed E-state index contributed by atoms with van der Waals surface area (Å²) in [5.41, 5.74) is 0.634. The molecule has 0 aromatic heterocycles. The Morgan fingerprint density at radius 1 is 1.24 bits per heavy atom. The lowest BCUT2D eigenvalue weighted by atomic mass is 10.0. The minimum absolute atomic E-state index is 0.330. The molecule has 2 N–H and O–H groups in total. The van der Waals surface area contributed by atoms with Gasteiger partial charge in [-0.2, -0.15) is 0 Å². The van der Waals surface area contributed by atoms with Crippen molar-refractivity contribution < 1.29 is 9.84 Å². The van der Waals surface area contributed by atoms with Gasteiger partial charge in [0.2, 0.25) is 0 Å². The van der Waals surface area contributed by atoms with Gasteiger partial charge in [0.1, 0.15) is 0 Å². The van der Waals surface area contributed by atoms with Crippen LogP contribution in [0.1, 0.15) is 38.5 Å². The topological polar surface area (TPSA) is 41.5 Å². The molecule has 0 spiro atoms. The summed E-state index contributed by atoms with van der Waals surface area (Å²) in [6.45, 7) is 3.15. The minimum Gasteiger partial charge on any atom is -0.389 e. The minimum atomic E-state index is -0.330. The molecule has 1 atom stereocenters. The standard InChI is InChI=1S/C14H25NO2/c16-13(9-17-8-11-1-2-11)7-15-10-14(5-6-14)12-3-4-12/h11-13,15-16H,1-10H2. The van der Waals surface area contributed by atoms with E-state index in [0.717, 1.165) is 25.0 Å². The van der Waals surface area contributed by atoms with E-state index in [1.807, 2.05) is 0 Å². The van der Waals surface area contributed by atoms with Crippen molar-refractivity contribution in [3.63, 3.8) is 0 Å². The lowest BCUT2D eigenvalue weighted by Crippen LogP contribution is -2.34. The molecule has 1 unspecified atom stereocenters.